The van der Waals surface area contributed by atoms with E-state index in [-0.39, 0.29) is 0 Å². The Morgan fingerprint density at radius 2 is 1.67 bits per heavy atom. The van der Waals surface area contributed by atoms with Crippen molar-refractivity contribution in [3.8, 4) is 0 Å². The van der Waals surface area contributed by atoms with Gasteiger partial charge < -0.3 is 10.1 Å². The van der Waals surface area contributed by atoms with Gasteiger partial charge in [-0.25, -0.2) is 0 Å². The van der Waals surface area contributed by atoms with Gasteiger partial charge in [0.05, 0.1) is 6.54 Å². The lowest BCUT2D eigenvalue weighted by Gasteiger charge is -2.15. The van der Waals surface area contributed by atoms with Crippen molar-refractivity contribution in [2.75, 3.05) is 6.54 Å². The van der Waals surface area contributed by atoms with Crippen LogP contribution in [0.4, 0.5) is 0 Å². The fourth-order valence-electron chi connectivity index (χ4n) is 1.82. The molecule has 0 atom stereocenters. The predicted octanol–water partition coefficient (Wildman–Crippen LogP) is 2.21. The molecule has 0 radical (unpaired) electrons. The average Bonchev–Trinajstić information content (AvgIpc) is 2.20. The van der Waals surface area contributed by atoms with E-state index in [0.717, 1.165) is 12.8 Å². The molecule has 1 rings (SSSR count). The van der Waals surface area contributed by atoms with E-state index < -0.39 is 0 Å². The zero-order chi connectivity index (χ0) is 11.4. The Morgan fingerprint density at radius 3 is 2.13 bits per heavy atom. The fraction of sp³-hybridized carbons (Fsp3) is 0.462. The van der Waals surface area contributed by atoms with Crippen molar-refractivity contribution in [2.45, 2.75) is 34.2 Å². The number of nitrogens with one attached hydrogen (secondary N) is 1. The molecule has 0 heterocycles. The second-order valence-electron chi connectivity index (χ2n) is 4.04. The lowest BCUT2D eigenvalue weighted by Crippen LogP contribution is -2.17. The standard InChI is InChI=1S/C13H19NO/c1-9-7-10(2)12(4)13(11(9)3)8-14-5-6-15/h6-7,14H,5,8H2,1-4H3. The summed E-state index contributed by atoms with van der Waals surface area (Å²) >= 11 is 0. The third kappa shape index (κ3) is 2.66. The van der Waals surface area contributed by atoms with Gasteiger partial charge in [-0.3, -0.25) is 0 Å². The molecular weight excluding hydrogens is 186 g/mol. The van der Waals surface area contributed by atoms with Crippen LogP contribution in [0, 0.1) is 27.7 Å². The first-order chi connectivity index (χ1) is 7.07. The van der Waals surface area contributed by atoms with Crippen LogP contribution in [0.1, 0.15) is 27.8 Å². The maximum atomic E-state index is 10.2. The Kier molecular flexibility index (Phi) is 4.04. The summed E-state index contributed by atoms with van der Waals surface area (Å²) in [5.41, 5.74) is 6.63. The Labute approximate surface area is 91.7 Å². The number of rotatable bonds is 4. The molecule has 0 fully saturated rings. The minimum Gasteiger partial charge on any atom is -0.306 e. The van der Waals surface area contributed by atoms with Gasteiger partial charge in [0.15, 0.2) is 0 Å². The van der Waals surface area contributed by atoms with Gasteiger partial charge in [0.25, 0.3) is 0 Å². The molecule has 0 saturated carbocycles. The number of hydrogen-bond acceptors (Lipinski definition) is 2. The second kappa shape index (κ2) is 5.08. The highest BCUT2D eigenvalue weighted by Crippen LogP contribution is 2.21. The Morgan fingerprint density at radius 1 is 1.13 bits per heavy atom. The number of aldehydes is 1. The summed E-state index contributed by atoms with van der Waals surface area (Å²) in [6, 6.07) is 2.22. The first-order valence-corrected chi connectivity index (χ1v) is 5.28. The van der Waals surface area contributed by atoms with Crippen LogP contribution in [0.3, 0.4) is 0 Å². The topological polar surface area (TPSA) is 29.1 Å². The van der Waals surface area contributed by atoms with Crippen molar-refractivity contribution in [3.05, 3.63) is 33.9 Å². The molecule has 0 aliphatic rings. The summed E-state index contributed by atoms with van der Waals surface area (Å²) in [7, 11) is 0. The van der Waals surface area contributed by atoms with Gasteiger partial charge in [-0.15, -0.1) is 0 Å². The minimum absolute atomic E-state index is 0.422. The molecule has 0 bridgehead atoms. The molecule has 0 spiro atoms. The van der Waals surface area contributed by atoms with Crippen LogP contribution >= 0.6 is 0 Å². The molecule has 2 heteroatoms. The maximum absolute atomic E-state index is 10.2. The van der Waals surface area contributed by atoms with Crippen molar-refractivity contribution in [3.63, 3.8) is 0 Å². The number of benzene rings is 1. The fourth-order valence-corrected chi connectivity index (χ4v) is 1.82. The number of carbonyl (C=O) groups is 1. The van der Waals surface area contributed by atoms with Crippen molar-refractivity contribution >= 4 is 6.29 Å². The van der Waals surface area contributed by atoms with Gasteiger partial charge in [0.2, 0.25) is 0 Å². The monoisotopic (exact) mass is 205 g/mol. The van der Waals surface area contributed by atoms with E-state index in [1.807, 2.05) is 0 Å². The van der Waals surface area contributed by atoms with Crippen LogP contribution in [0.15, 0.2) is 6.07 Å². The van der Waals surface area contributed by atoms with Crippen molar-refractivity contribution in [2.24, 2.45) is 0 Å². The second-order valence-corrected chi connectivity index (χ2v) is 4.04. The maximum Gasteiger partial charge on any atom is 0.133 e. The van der Waals surface area contributed by atoms with E-state index in [1.165, 1.54) is 27.8 Å². The lowest BCUT2D eigenvalue weighted by molar-refractivity contribution is -0.107. The highest BCUT2D eigenvalue weighted by molar-refractivity contribution is 5.52. The SMILES string of the molecule is Cc1cc(C)c(C)c(CNCC=O)c1C. The van der Waals surface area contributed by atoms with E-state index in [0.29, 0.717) is 6.54 Å². The first-order valence-electron chi connectivity index (χ1n) is 5.28. The predicted molar refractivity (Wildman–Crippen MR) is 63.2 cm³/mol. The largest absolute Gasteiger partial charge is 0.306 e. The quantitative estimate of drug-likeness (QED) is 0.603. The van der Waals surface area contributed by atoms with Gasteiger partial charge in [0, 0.05) is 6.54 Å². The summed E-state index contributed by atoms with van der Waals surface area (Å²) in [5, 5.41) is 3.12. The molecule has 0 amide bonds. The third-order valence-electron chi connectivity index (χ3n) is 3.05. The molecule has 15 heavy (non-hydrogen) atoms. The van der Waals surface area contributed by atoms with E-state index in [4.69, 9.17) is 0 Å². The molecule has 0 aliphatic heterocycles. The molecule has 0 aromatic heterocycles. The zero-order valence-electron chi connectivity index (χ0n) is 9.98. The summed E-state index contributed by atoms with van der Waals surface area (Å²) in [5.74, 6) is 0. The average molecular weight is 205 g/mol. The van der Waals surface area contributed by atoms with Gasteiger partial charge in [-0.2, -0.15) is 0 Å². The number of aryl methyl sites for hydroxylation is 2. The van der Waals surface area contributed by atoms with E-state index in [2.05, 4.69) is 39.1 Å². The van der Waals surface area contributed by atoms with Gasteiger partial charge in [-0.05, 0) is 55.5 Å². The summed E-state index contributed by atoms with van der Waals surface area (Å²) in [4.78, 5) is 10.2. The van der Waals surface area contributed by atoms with Crippen molar-refractivity contribution in [1.82, 2.24) is 5.32 Å². The molecule has 0 saturated heterocycles. The van der Waals surface area contributed by atoms with Crippen LogP contribution in [-0.4, -0.2) is 12.8 Å². The number of hydrogen-bond donors (Lipinski definition) is 1. The normalized spacial score (nSPS) is 10.4. The molecule has 2 nitrogen and oxygen atoms in total. The highest BCUT2D eigenvalue weighted by atomic mass is 16.1. The van der Waals surface area contributed by atoms with E-state index in [9.17, 15) is 4.79 Å². The van der Waals surface area contributed by atoms with Crippen LogP contribution in [0.2, 0.25) is 0 Å². The molecular formula is C13H19NO. The lowest BCUT2D eigenvalue weighted by atomic mass is 9.94. The molecule has 0 aliphatic carbocycles. The van der Waals surface area contributed by atoms with Crippen LogP contribution < -0.4 is 5.32 Å². The minimum atomic E-state index is 0.422. The van der Waals surface area contributed by atoms with Crippen LogP contribution in [0.5, 0.6) is 0 Å². The Hall–Kier alpha value is -1.15. The zero-order valence-corrected chi connectivity index (χ0v) is 9.98. The summed E-state index contributed by atoms with van der Waals surface area (Å²) in [6.45, 7) is 9.74. The molecule has 1 N–H and O–H groups in total. The molecule has 1 aromatic carbocycles. The highest BCUT2D eigenvalue weighted by Gasteiger charge is 2.07. The summed E-state index contributed by atoms with van der Waals surface area (Å²) < 4.78 is 0. The van der Waals surface area contributed by atoms with E-state index >= 15 is 0 Å². The van der Waals surface area contributed by atoms with Crippen LogP contribution in [0.25, 0.3) is 0 Å². The third-order valence-corrected chi connectivity index (χ3v) is 3.05. The van der Waals surface area contributed by atoms with Gasteiger partial charge in [-0.1, -0.05) is 6.07 Å². The first kappa shape index (κ1) is 11.9. The molecule has 82 valence electrons. The molecule has 1 aromatic rings. The number of carbonyl (C=O) groups excluding carboxylic acids is 1. The van der Waals surface area contributed by atoms with Gasteiger partial charge in [0.1, 0.15) is 6.29 Å². The Bertz CT molecular complexity index is 343. The van der Waals surface area contributed by atoms with E-state index in [1.54, 1.807) is 0 Å². The van der Waals surface area contributed by atoms with Crippen LogP contribution in [-0.2, 0) is 11.3 Å². The van der Waals surface area contributed by atoms with Gasteiger partial charge >= 0.3 is 0 Å². The molecule has 0 unspecified atom stereocenters. The van der Waals surface area contributed by atoms with Crippen molar-refractivity contribution < 1.29 is 4.79 Å². The van der Waals surface area contributed by atoms with Crippen molar-refractivity contribution in [1.29, 1.82) is 0 Å². The summed E-state index contributed by atoms with van der Waals surface area (Å²) in [6.07, 6.45) is 0.896. The Balaban J connectivity index is 2.98. The smallest absolute Gasteiger partial charge is 0.133 e.